The first kappa shape index (κ1) is 15.5. The molecule has 1 aromatic rings. The van der Waals surface area contributed by atoms with E-state index in [1.807, 2.05) is 23.9 Å². The van der Waals surface area contributed by atoms with Crippen molar-refractivity contribution in [3.63, 3.8) is 0 Å². The Kier molecular flexibility index (Phi) is 3.92. The molecule has 0 bridgehead atoms. The first-order valence-electron chi connectivity index (χ1n) is 8.07. The van der Waals surface area contributed by atoms with Crippen molar-refractivity contribution in [2.45, 2.75) is 38.4 Å². The van der Waals surface area contributed by atoms with Gasteiger partial charge in [-0.25, -0.2) is 10.9 Å². The quantitative estimate of drug-likeness (QED) is 0.817. The lowest BCUT2D eigenvalue weighted by Crippen LogP contribution is -2.38. The third-order valence-corrected chi connectivity index (χ3v) is 6.61. The van der Waals surface area contributed by atoms with Gasteiger partial charge in [-0.05, 0) is 25.0 Å². The second-order valence-electron chi connectivity index (χ2n) is 6.41. The summed E-state index contributed by atoms with van der Waals surface area (Å²) in [4.78, 5) is 7.44. The molecule has 0 saturated carbocycles. The number of nitrogens with one attached hydrogen (secondary N) is 2. The second-order valence-corrected chi connectivity index (χ2v) is 8.22. The lowest BCUT2D eigenvalue weighted by Gasteiger charge is -2.28. The summed E-state index contributed by atoms with van der Waals surface area (Å²) in [6, 6.07) is 8.06. The molecule has 4 rings (SSSR count). The fraction of sp³-hybridized carbons (Fsp3) is 0.471. The summed E-state index contributed by atoms with van der Waals surface area (Å²) in [5.41, 5.74) is 10.4. The molecular formula is C17H21ClN4S. The van der Waals surface area contributed by atoms with E-state index in [1.165, 1.54) is 10.6 Å². The number of nitrogens with zero attached hydrogens (tertiary/aromatic N) is 2. The average Bonchev–Trinajstić information content (AvgIpc) is 2.97. The Bertz CT molecular complexity index is 684. The van der Waals surface area contributed by atoms with Gasteiger partial charge in [-0.2, -0.15) is 0 Å². The van der Waals surface area contributed by atoms with E-state index in [0.29, 0.717) is 11.2 Å². The van der Waals surface area contributed by atoms with Crippen molar-refractivity contribution in [3.8, 4) is 0 Å². The van der Waals surface area contributed by atoms with Crippen molar-refractivity contribution in [1.82, 2.24) is 15.8 Å². The van der Waals surface area contributed by atoms with Gasteiger partial charge in [-0.15, -0.1) is 11.8 Å². The Hall–Kier alpha value is -1.01. The topological polar surface area (TPSA) is 39.7 Å². The lowest BCUT2D eigenvalue weighted by atomic mass is 9.91. The van der Waals surface area contributed by atoms with Gasteiger partial charge in [0.25, 0.3) is 0 Å². The summed E-state index contributed by atoms with van der Waals surface area (Å²) in [6.45, 7) is 7.55. The predicted molar refractivity (Wildman–Crippen MR) is 97.5 cm³/mol. The van der Waals surface area contributed by atoms with E-state index in [0.717, 1.165) is 22.8 Å². The van der Waals surface area contributed by atoms with Crippen LogP contribution in [0.4, 0.5) is 0 Å². The highest BCUT2D eigenvalue weighted by molar-refractivity contribution is 8.03. The Morgan fingerprint density at radius 3 is 2.65 bits per heavy atom. The van der Waals surface area contributed by atoms with Gasteiger partial charge >= 0.3 is 0 Å². The maximum Gasteiger partial charge on any atom is 0.114 e. The number of rotatable bonds is 1. The van der Waals surface area contributed by atoms with Gasteiger partial charge in [-0.3, -0.25) is 4.99 Å². The molecule has 122 valence electrons. The number of benzene rings is 1. The molecule has 4 nitrogen and oxygen atoms in total. The van der Waals surface area contributed by atoms with E-state index in [1.54, 1.807) is 0 Å². The van der Waals surface area contributed by atoms with Crippen molar-refractivity contribution in [2.24, 2.45) is 10.9 Å². The summed E-state index contributed by atoms with van der Waals surface area (Å²) in [7, 11) is 0. The maximum atomic E-state index is 6.06. The first-order chi connectivity index (χ1) is 11.1. The molecule has 0 radical (unpaired) electrons. The zero-order valence-corrected chi connectivity index (χ0v) is 15.1. The van der Waals surface area contributed by atoms with Gasteiger partial charge in [0.1, 0.15) is 6.17 Å². The normalized spacial score (nSPS) is 33.4. The van der Waals surface area contributed by atoms with E-state index in [9.17, 15) is 0 Å². The number of aliphatic imine (C=N–C) groups is 1. The summed E-state index contributed by atoms with van der Waals surface area (Å²) >= 11 is 8.03. The molecule has 0 aliphatic carbocycles. The van der Waals surface area contributed by atoms with Gasteiger partial charge in [-0.1, -0.05) is 37.6 Å². The van der Waals surface area contributed by atoms with Crippen LogP contribution in [-0.4, -0.2) is 34.7 Å². The number of hydrogen-bond acceptors (Lipinski definition) is 5. The zero-order valence-electron chi connectivity index (χ0n) is 13.5. The Morgan fingerprint density at radius 2 is 1.91 bits per heavy atom. The highest BCUT2D eigenvalue weighted by Crippen LogP contribution is 2.47. The van der Waals surface area contributed by atoms with Crippen molar-refractivity contribution in [3.05, 3.63) is 45.5 Å². The molecular weight excluding hydrogens is 328 g/mol. The van der Waals surface area contributed by atoms with E-state index in [-0.39, 0.29) is 12.3 Å². The molecule has 2 N–H and O–H groups in total. The van der Waals surface area contributed by atoms with Crippen molar-refractivity contribution in [1.29, 1.82) is 0 Å². The third kappa shape index (κ3) is 2.50. The minimum atomic E-state index is 0.213. The molecule has 0 spiro atoms. The fourth-order valence-corrected chi connectivity index (χ4v) is 5.12. The number of thioether (sulfide) groups is 1. The molecule has 1 fully saturated rings. The Morgan fingerprint density at radius 1 is 1.17 bits per heavy atom. The van der Waals surface area contributed by atoms with Crippen LogP contribution in [0.1, 0.15) is 26.3 Å². The Labute approximate surface area is 146 Å². The van der Waals surface area contributed by atoms with Crippen molar-refractivity contribution in [2.75, 3.05) is 6.54 Å². The predicted octanol–water partition coefficient (Wildman–Crippen LogP) is 3.21. The molecule has 3 aliphatic heterocycles. The minimum absolute atomic E-state index is 0.213. The van der Waals surface area contributed by atoms with E-state index in [4.69, 9.17) is 16.6 Å². The lowest BCUT2D eigenvalue weighted by molar-refractivity contribution is 0.276. The standard InChI is InChI=1S/C17H21ClN4S/c1-9-10(2)23-17-15(9)16(12-4-6-13(18)7-5-12)19-8-14-21-20-11(3)22(14)17/h4-7,9-11,14,20-21H,8H2,1-3H3. The molecule has 3 heterocycles. The molecule has 4 atom stereocenters. The largest absolute Gasteiger partial charge is 0.331 e. The number of allylic oxidation sites excluding steroid dienone is 1. The van der Waals surface area contributed by atoms with Crippen LogP contribution in [0.25, 0.3) is 0 Å². The van der Waals surface area contributed by atoms with Crippen LogP contribution in [0, 0.1) is 5.92 Å². The maximum absolute atomic E-state index is 6.06. The molecule has 1 aromatic carbocycles. The van der Waals surface area contributed by atoms with Crippen LogP contribution in [0.3, 0.4) is 0 Å². The van der Waals surface area contributed by atoms with Crippen LogP contribution in [0.5, 0.6) is 0 Å². The van der Waals surface area contributed by atoms with Crippen LogP contribution >= 0.6 is 23.4 Å². The van der Waals surface area contributed by atoms with Crippen LogP contribution in [-0.2, 0) is 0 Å². The molecule has 0 aromatic heterocycles. The summed E-state index contributed by atoms with van der Waals surface area (Å²) in [5.74, 6) is 0.482. The van der Waals surface area contributed by atoms with Gasteiger partial charge < -0.3 is 4.90 Å². The molecule has 23 heavy (non-hydrogen) atoms. The van der Waals surface area contributed by atoms with Crippen LogP contribution in [0.2, 0.25) is 5.02 Å². The van der Waals surface area contributed by atoms with E-state index >= 15 is 0 Å². The van der Waals surface area contributed by atoms with Crippen molar-refractivity contribution < 1.29 is 0 Å². The van der Waals surface area contributed by atoms with Gasteiger partial charge in [0.05, 0.1) is 23.5 Å². The summed E-state index contributed by atoms with van der Waals surface area (Å²) < 4.78 is 0. The van der Waals surface area contributed by atoms with Crippen LogP contribution in [0.15, 0.2) is 39.9 Å². The van der Waals surface area contributed by atoms with Gasteiger partial charge in [0, 0.05) is 21.4 Å². The summed E-state index contributed by atoms with van der Waals surface area (Å²) in [6.07, 6.45) is 0.486. The molecule has 0 amide bonds. The van der Waals surface area contributed by atoms with E-state index in [2.05, 4.69) is 48.7 Å². The van der Waals surface area contributed by atoms with Crippen LogP contribution < -0.4 is 10.9 Å². The van der Waals surface area contributed by atoms with E-state index < -0.39 is 0 Å². The van der Waals surface area contributed by atoms with Gasteiger partial charge in [0.2, 0.25) is 0 Å². The second kappa shape index (κ2) is 5.81. The smallest absolute Gasteiger partial charge is 0.114 e. The summed E-state index contributed by atoms with van der Waals surface area (Å²) in [5, 5.41) is 2.69. The molecule has 6 heteroatoms. The highest BCUT2D eigenvalue weighted by Gasteiger charge is 2.42. The Balaban J connectivity index is 1.84. The molecule has 4 unspecified atom stereocenters. The number of halogens is 1. The average molecular weight is 349 g/mol. The van der Waals surface area contributed by atoms with Gasteiger partial charge in [0.15, 0.2) is 0 Å². The number of hydrazine groups is 1. The minimum Gasteiger partial charge on any atom is -0.331 e. The first-order valence-corrected chi connectivity index (χ1v) is 9.33. The monoisotopic (exact) mass is 348 g/mol. The zero-order chi connectivity index (χ0) is 16.1. The SMILES string of the molecule is CC1SC2=C(C(c3ccc(Cl)cc3)=NCC3NNC(C)N23)C1C. The fourth-order valence-electron chi connectivity index (χ4n) is 3.48. The molecule has 1 saturated heterocycles. The highest BCUT2D eigenvalue weighted by atomic mass is 35.5. The number of fused-ring (bicyclic) bond motifs is 2. The van der Waals surface area contributed by atoms with Crippen molar-refractivity contribution >= 4 is 29.1 Å². The molecule has 3 aliphatic rings. The number of hydrogen-bond donors (Lipinski definition) is 2. The third-order valence-electron chi connectivity index (χ3n) is 4.93.